The molecule has 8 heteroatoms. The summed E-state index contributed by atoms with van der Waals surface area (Å²) in [5.41, 5.74) is 0. The molecule has 144 valence electrons. The van der Waals surface area contributed by atoms with Crippen molar-refractivity contribution in [3.63, 3.8) is 0 Å². The Morgan fingerprint density at radius 3 is 2.30 bits per heavy atom. The van der Waals surface area contributed by atoms with Crippen molar-refractivity contribution in [1.82, 2.24) is 15.1 Å². The smallest absolute Gasteiger partial charge is 0.410 e. The molecule has 1 aromatic rings. The Hall–Kier alpha value is -2.90. The van der Waals surface area contributed by atoms with Gasteiger partial charge in [0.25, 0.3) is 0 Å². The average Bonchev–Trinajstić information content (AvgIpc) is 2.99. The molecule has 0 unspecified atom stereocenters. The van der Waals surface area contributed by atoms with Crippen LogP contribution in [0.15, 0.2) is 30.3 Å². The Kier molecular flexibility index (Phi) is 6.05. The molecule has 2 fully saturated rings. The minimum absolute atomic E-state index is 0.184. The van der Waals surface area contributed by atoms with Gasteiger partial charge >= 0.3 is 6.09 Å². The van der Waals surface area contributed by atoms with E-state index in [1.165, 1.54) is 0 Å². The van der Waals surface area contributed by atoms with Crippen molar-refractivity contribution in [1.29, 1.82) is 0 Å². The van der Waals surface area contributed by atoms with E-state index in [-0.39, 0.29) is 49.1 Å². The average molecular weight is 373 g/mol. The zero-order valence-electron chi connectivity index (χ0n) is 15.1. The molecule has 1 N–H and O–H groups in total. The Balaban J connectivity index is 1.37. The summed E-state index contributed by atoms with van der Waals surface area (Å²) in [5.74, 6) is -0.145. The third-order valence-electron chi connectivity index (χ3n) is 4.87. The van der Waals surface area contributed by atoms with E-state index in [4.69, 9.17) is 4.74 Å². The highest BCUT2D eigenvalue weighted by Crippen LogP contribution is 2.18. The Bertz CT molecular complexity index is 697. The summed E-state index contributed by atoms with van der Waals surface area (Å²) < 4.78 is 5.33. The fourth-order valence-corrected chi connectivity index (χ4v) is 3.23. The lowest BCUT2D eigenvalue weighted by atomic mass is 9.97. The van der Waals surface area contributed by atoms with Gasteiger partial charge in [-0.3, -0.25) is 19.3 Å². The molecule has 2 heterocycles. The maximum Gasteiger partial charge on any atom is 0.415 e. The molecule has 0 atom stereocenters. The van der Waals surface area contributed by atoms with Crippen molar-refractivity contribution in [2.45, 2.75) is 25.7 Å². The largest absolute Gasteiger partial charge is 0.415 e. The number of benzene rings is 1. The molecular weight excluding hydrogens is 350 g/mol. The molecule has 0 aromatic heterocycles. The standard InChI is InChI=1S/C19H23N3O5/c23-16(13-22-17(24)6-7-18(22)25)20-12-14-8-10-21(11-9-14)19(26)27-15-4-2-1-3-5-15/h1-5,14H,6-13H2,(H,20,23). The highest BCUT2D eigenvalue weighted by atomic mass is 16.6. The van der Waals surface area contributed by atoms with Crippen molar-refractivity contribution < 1.29 is 23.9 Å². The number of nitrogens with zero attached hydrogens (tertiary/aromatic N) is 2. The van der Waals surface area contributed by atoms with Gasteiger partial charge in [0.05, 0.1) is 0 Å². The molecule has 0 aliphatic carbocycles. The molecule has 8 nitrogen and oxygen atoms in total. The van der Waals surface area contributed by atoms with Crippen molar-refractivity contribution in [2.75, 3.05) is 26.2 Å². The van der Waals surface area contributed by atoms with Crippen LogP contribution in [-0.4, -0.2) is 59.8 Å². The SMILES string of the molecule is O=C(CN1C(=O)CCC1=O)NCC1CCN(C(=O)Oc2ccccc2)CC1. The van der Waals surface area contributed by atoms with E-state index in [1.807, 2.05) is 6.07 Å². The third-order valence-corrected chi connectivity index (χ3v) is 4.87. The number of ether oxygens (including phenoxy) is 1. The maximum atomic E-state index is 12.2. The molecular formula is C19H23N3O5. The quantitative estimate of drug-likeness (QED) is 0.782. The van der Waals surface area contributed by atoms with E-state index >= 15 is 0 Å². The van der Waals surface area contributed by atoms with E-state index in [1.54, 1.807) is 29.2 Å². The summed E-state index contributed by atoms with van der Waals surface area (Å²) >= 11 is 0. The lowest BCUT2D eigenvalue weighted by Crippen LogP contribution is -2.44. The van der Waals surface area contributed by atoms with Crippen LogP contribution in [0.5, 0.6) is 5.75 Å². The summed E-state index contributed by atoms with van der Waals surface area (Å²) in [6.07, 6.45) is 1.51. The fraction of sp³-hybridized carbons (Fsp3) is 0.474. The maximum absolute atomic E-state index is 12.2. The second-order valence-corrected chi connectivity index (χ2v) is 6.79. The molecule has 0 radical (unpaired) electrons. The highest BCUT2D eigenvalue weighted by Gasteiger charge is 2.30. The number of hydrogen-bond acceptors (Lipinski definition) is 5. The van der Waals surface area contributed by atoms with Crippen LogP contribution < -0.4 is 10.1 Å². The van der Waals surface area contributed by atoms with Crippen molar-refractivity contribution in [3.8, 4) is 5.75 Å². The van der Waals surface area contributed by atoms with Crippen LogP contribution >= 0.6 is 0 Å². The number of para-hydroxylation sites is 1. The zero-order valence-corrected chi connectivity index (χ0v) is 15.1. The van der Waals surface area contributed by atoms with E-state index in [0.717, 1.165) is 17.7 Å². The van der Waals surface area contributed by atoms with Gasteiger partial charge < -0.3 is 15.0 Å². The first kappa shape index (κ1) is 18.9. The van der Waals surface area contributed by atoms with Gasteiger partial charge in [-0.15, -0.1) is 0 Å². The lowest BCUT2D eigenvalue weighted by Gasteiger charge is -2.31. The van der Waals surface area contributed by atoms with E-state index in [0.29, 0.717) is 25.4 Å². The number of likely N-dealkylation sites (tertiary alicyclic amines) is 2. The van der Waals surface area contributed by atoms with Gasteiger partial charge in [0.2, 0.25) is 17.7 Å². The highest BCUT2D eigenvalue weighted by molar-refractivity contribution is 6.04. The topological polar surface area (TPSA) is 96.0 Å². The van der Waals surface area contributed by atoms with Gasteiger partial charge in [-0.05, 0) is 30.9 Å². The van der Waals surface area contributed by atoms with Crippen LogP contribution in [0.2, 0.25) is 0 Å². The van der Waals surface area contributed by atoms with Crippen LogP contribution in [-0.2, 0) is 14.4 Å². The van der Waals surface area contributed by atoms with Crippen molar-refractivity contribution in [2.24, 2.45) is 5.92 Å². The Morgan fingerprint density at radius 1 is 1.04 bits per heavy atom. The predicted octanol–water partition coefficient (Wildman–Crippen LogP) is 1.16. The lowest BCUT2D eigenvalue weighted by molar-refractivity contribution is -0.142. The molecule has 0 bridgehead atoms. The number of imide groups is 1. The molecule has 2 aliphatic rings. The minimum atomic E-state index is -0.366. The molecule has 27 heavy (non-hydrogen) atoms. The van der Waals surface area contributed by atoms with Crippen LogP contribution in [0.25, 0.3) is 0 Å². The predicted molar refractivity (Wildman–Crippen MR) is 95.7 cm³/mol. The van der Waals surface area contributed by atoms with Crippen molar-refractivity contribution >= 4 is 23.8 Å². The first-order chi connectivity index (χ1) is 13.0. The summed E-state index contributed by atoms with van der Waals surface area (Å²) in [6, 6.07) is 8.93. The van der Waals surface area contributed by atoms with Crippen molar-refractivity contribution in [3.05, 3.63) is 30.3 Å². The zero-order chi connectivity index (χ0) is 19.2. The first-order valence-electron chi connectivity index (χ1n) is 9.14. The number of carbonyl (C=O) groups excluding carboxylic acids is 4. The molecule has 2 saturated heterocycles. The number of nitrogens with one attached hydrogen (secondary N) is 1. The first-order valence-corrected chi connectivity index (χ1v) is 9.14. The molecule has 2 aliphatic heterocycles. The number of piperidine rings is 1. The third kappa shape index (κ3) is 5.06. The van der Waals surface area contributed by atoms with Gasteiger partial charge in [-0.1, -0.05) is 18.2 Å². The van der Waals surface area contributed by atoms with E-state index in [9.17, 15) is 19.2 Å². The summed E-state index contributed by atoms with van der Waals surface area (Å²) in [6.45, 7) is 1.39. The van der Waals surface area contributed by atoms with Gasteiger partial charge in [0.1, 0.15) is 12.3 Å². The normalized spacial score (nSPS) is 17.9. The number of rotatable bonds is 5. The summed E-state index contributed by atoms with van der Waals surface area (Å²) in [4.78, 5) is 49.9. The monoisotopic (exact) mass is 373 g/mol. The van der Waals surface area contributed by atoms with Gasteiger partial charge in [-0.25, -0.2) is 4.79 Å². The Labute approximate surface area is 157 Å². The summed E-state index contributed by atoms with van der Waals surface area (Å²) in [7, 11) is 0. The molecule has 3 rings (SSSR count). The van der Waals surface area contributed by atoms with Crippen LogP contribution in [0.1, 0.15) is 25.7 Å². The van der Waals surface area contributed by atoms with E-state index < -0.39 is 0 Å². The minimum Gasteiger partial charge on any atom is -0.410 e. The summed E-state index contributed by atoms with van der Waals surface area (Å²) in [5, 5.41) is 2.78. The second kappa shape index (κ2) is 8.66. The number of amides is 4. The second-order valence-electron chi connectivity index (χ2n) is 6.79. The molecule has 0 saturated carbocycles. The van der Waals surface area contributed by atoms with E-state index in [2.05, 4.69) is 5.32 Å². The van der Waals surface area contributed by atoms with Gasteiger partial charge in [0, 0.05) is 32.5 Å². The molecule has 4 amide bonds. The number of carbonyl (C=O) groups is 4. The van der Waals surface area contributed by atoms with Crippen LogP contribution in [0.4, 0.5) is 4.79 Å². The van der Waals surface area contributed by atoms with Crippen LogP contribution in [0.3, 0.4) is 0 Å². The molecule has 1 aromatic carbocycles. The molecule has 0 spiro atoms. The Morgan fingerprint density at radius 2 is 1.67 bits per heavy atom. The van der Waals surface area contributed by atoms with Crippen LogP contribution in [0, 0.1) is 5.92 Å². The van der Waals surface area contributed by atoms with Gasteiger partial charge in [-0.2, -0.15) is 0 Å². The van der Waals surface area contributed by atoms with Gasteiger partial charge in [0.15, 0.2) is 0 Å². The fourth-order valence-electron chi connectivity index (χ4n) is 3.23. The number of hydrogen-bond donors (Lipinski definition) is 1.